The van der Waals surface area contributed by atoms with Crippen LogP contribution in [-0.4, -0.2) is 87.7 Å². The van der Waals surface area contributed by atoms with E-state index in [1.165, 1.54) is 16.0 Å². The monoisotopic (exact) mass is 636 g/mol. The lowest BCUT2D eigenvalue weighted by Crippen LogP contribution is -2.60. The molecule has 3 aliphatic heterocycles. The van der Waals surface area contributed by atoms with Gasteiger partial charge in [0.15, 0.2) is 11.6 Å². The molecule has 6 aliphatic rings. The third-order valence-electron chi connectivity index (χ3n) is 11.2. The van der Waals surface area contributed by atoms with Crippen molar-refractivity contribution >= 4 is 29.6 Å². The van der Waals surface area contributed by atoms with E-state index in [1.54, 1.807) is 12.1 Å². The predicted octanol–water partition coefficient (Wildman–Crippen LogP) is 3.18. The molecule has 3 saturated carbocycles. The summed E-state index contributed by atoms with van der Waals surface area (Å²) < 4.78 is 27.1. The van der Waals surface area contributed by atoms with Crippen molar-refractivity contribution in [3.63, 3.8) is 0 Å². The Morgan fingerprint density at radius 3 is 2.70 bits per heavy atom. The van der Waals surface area contributed by atoms with Crippen molar-refractivity contribution in [1.82, 2.24) is 20.1 Å². The number of pyridine rings is 1. The highest BCUT2D eigenvalue weighted by Gasteiger charge is 2.65. The highest BCUT2D eigenvalue weighted by atomic mass is 19.1. The SMILES string of the molecule is CC(C)(C)[C@H](NC(=O)OC1CCCC1)C(=O)N1C[C@@H]2[C@H]3C[C@@H]([C@@H]2[C@H]1C(=O)N1C[C@@]2(C[C@H]1C#N)Oc1cccnc1NC2=O)[C@H](F)C3. The number of nitrogens with one attached hydrogen (secondary N) is 2. The van der Waals surface area contributed by atoms with Gasteiger partial charge in [0, 0.05) is 19.2 Å². The minimum atomic E-state index is -1.52. The van der Waals surface area contributed by atoms with E-state index in [-0.39, 0.29) is 49.2 Å². The van der Waals surface area contributed by atoms with Gasteiger partial charge in [0.1, 0.15) is 30.4 Å². The fourth-order valence-corrected chi connectivity index (χ4v) is 9.05. The molecule has 0 radical (unpaired) electrons. The number of anilines is 1. The molecule has 2 saturated heterocycles. The summed E-state index contributed by atoms with van der Waals surface area (Å²) in [6.45, 7) is 5.56. The molecule has 0 unspecified atom stereocenters. The van der Waals surface area contributed by atoms with Crippen LogP contribution in [0.3, 0.4) is 0 Å². The molecule has 4 heterocycles. The number of fused-ring (bicyclic) bond motifs is 6. The largest absolute Gasteiger partial charge is 0.472 e. The Balaban J connectivity index is 1.19. The first-order chi connectivity index (χ1) is 21.9. The molecule has 2 bridgehead atoms. The van der Waals surface area contributed by atoms with E-state index in [2.05, 4.69) is 21.7 Å². The molecule has 0 aromatic carbocycles. The number of rotatable bonds is 4. The lowest BCUT2D eigenvalue weighted by Gasteiger charge is -2.39. The number of nitrogens with zero attached hydrogens (tertiary/aromatic N) is 4. The van der Waals surface area contributed by atoms with E-state index in [9.17, 15) is 24.4 Å². The van der Waals surface area contributed by atoms with Gasteiger partial charge in [-0.1, -0.05) is 20.8 Å². The van der Waals surface area contributed by atoms with Crippen LogP contribution >= 0.6 is 0 Å². The van der Waals surface area contributed by atoms with Crippen LogP contribution in [0.25, 0.3) is 0 Å². The minimum absolute atomic E-state index is 0.0413. The van der Waals surface area contributed by atoms with Gasteiger partial charge in [-0.3, -0.25) is 14.4 Å². The number of ether oxygens (including phenoxy) is 2. The number of carbonyl (C=O) groups excluding carboxylic acids is 4. The number of halogens is 1. The molecule has 12 nitrogen and oxygen atoms in total. The van der Waals surface area contributed by atoms with Crippen LogP contribution in [-0.2, 0) is 19.1 Å². The average molecular weight is 637 g/mol. The second kappa shape index (κ2) is 11.1. The first-order valence-corrected chi connectivity index (χ1v) is 16.5. The zero-order chi connectivity index (χ0) is 32.5. The van der Waals surface area contributed by atoms with Crippen LogP contribution in [0.5, 0.6) is 5.75 Å². The lowest BCUT2D eigenvalue weighted by molar-refractivity contribution is -0.149. The summed E-state index contributed by atoms with van der Waals surface area (Å²) in [6.07, 6.45) is 4.08. The molecule has 13 heteroatoms. The molecule has 2 N–H and O–H groups in total. The Hall–Kier alpha value is -3.95. The summed E-state index contributed by atoms with van der Waals surface area (Å²) in [5, 5.41) is 15.7. The first-order valence-electron chi connectivity index (χ1n) is 16.5. The van der Waals surface area contributed by atoms with E-state index in [0.717, 1.165) is 25.7 Å². The minimum Gasteiger partial charge on any atom is -0.472 e. The molecule has 1 aromatic heterocycles. The van der Waals surface area contributed by atoms with Gasteiger partial charge in [-0.05, 0) is 79.7 Å². The normalized spacial score (nSPS) is 35.3. The van der Waals surface area contributed by atoms with Crippen molar-refractivity contribution in [3.8, 4) is 11.8 Å². The van der Waals surface area contributed by atoms with Crippen LogP contribution in [0.4, 0.5) is 15.0 Å². The second-order valence-electron chi connectivity index (χ2n) is 15.1. The van der Waals surface area contributed by atoms with Gasteiger partial charge in [-0.2, -0.15) is 5.26 Å². The predicted molar refractivity (Wildman–Crippen MR) is 161 cm³/mol. The highest BCUT2D eigenvalue weighted by molar-refractivity contribution is 6.01. The van der Waals surface area contributed by atoms with Crippen molar-refractivity contribution in [3.05, 3.63) is 18.3 Å². The van der Waals surface area contributed by atoms with E-state index in [1.807, 2.05) is 20.8 Å². The van der Waals surface area contributed by atoms with Crippen LogP contribution < -0.4 is 15.4 Å². The van der Waals surface area contributed by atoms with E-state index >= 15 is 4.39 Å². The van der Waals surface area contributed by atoms with E-state index < -0.39 is 65.0 Å². The van der Waals surface area contributed by atoms with Gasteiger partial charge in [-0.15, -0.1) is 0 Å². The fraction of sp³-hybridized carbons (Fsp3) is 0.697. The van der Waals surface area contributed by atoms with E-state index in [0.29, 0.717) is 18.6 Å². The standard InChI is InChI=1S/C33H41FN6O6/c1-32(2,3)26(37-31(44)45-19-7-4-5-8-19)29(42)39-15-21-17-11-20(22(34)12-17)24(21)25(39)28(41)40-16-33(13-18(40)14-35)30(43)38-27-23(46-33)9-6-10-36-27/h6,9-10,17-22,24-26H,4-5,7-8,11-13,15-16H2,1-3H3,(H,37,44)(H,36,38,43)/t17-,18-,20+,21+,22+,24-,25-,26+,33+/m0/s1. The van der Waals surface area contributed by atoms with Crippen molar-refractivity contribution in [2.75, 3.05) is 18.4 Å². The van der Waals surface area contributed by atoms with Crippen molar-refractivity contribution in [2.45, 2.75) is 102 Å². The van der Waals surface area contributed by atoms with Crippen LogP contribution in [0.2, 0.25) is 0 Å². The molecule has 1 spiro atoms. The smallest absolute Gasteiger partial charge is 0.408 e. The Morgan fingerprint density at radius 2 is 1.98 bits per heavy atom. The van der Waals surface area contributed by atoms with Gasteiger partial charge < -0.3 is 29.9 Å². The van der Waals surface area contributed by atoms with Gasteiger partial charge in [0.2, 0.25) is 17.4 Å². The summed E-state index contributed by atoms with van der Waals surface area (Å²) in [4.78, 5) is 62.6. The van der Waals surface area contributed by atoms with E-state index in [4.69, 9.17) is 9.47 Å². The molecule has 7 rings (SSSR count). The Morgan fingerprint density at radius 1 is 1.22 bits per heavy atom. The number of amides is 4. The molecule has 9 atom stereocenters. The second-order valence-corrected chi connectivity index (χ2v) is 15.1. The quantitative estimate of drug-likeness (QED) is 0.511. The number of hydrogen-bond acceptors (Lipinski definition) is 8. The number of aromatic nitrogens is 1. The lowest BCUT2D eigenvalue weighted by atomic mass is 9.77. The number of carbonyl (C=O) groups is 4. The number of likely N-dealkylation sites (tertiary alicyclic amines) is 2. The molecular weight excluding hydrogens is 595 g/mol. The van der Waals surface area contributed by atoms with Gasteiger partial charge in [-0.25, -0.2) is 14.2 Å². The summed E-state index contributed by atoms with van der Waals surface area (Å²) in [5.41, 5.74) is -2.25. The fourth-order valence-electron chi connectivity index (χ4n) is 9.05. The summed E-state index contributed by atoms with van der Waals surface area (Å²) in [7, 11) is 0. The Bertz CT molecular complexity index is 1490. The van der Waals surface area contributed by atoms with Crippen LogP contribution in [0, 0.1) is 40.4 Å². The van der Waals surface area contributed by atoms with Gasteiger partial charge >= 0.3 is 6.09 Å². The Labute approximate surface area is 267 Å². The summed E-state index contributed by atoms with van der Waals surface area (Å²) >= 11 is 0. The summed E-state index contributed by atoms with van der Waals surface area (Å²) in [5.74, 6) is -1.71. The topological polar surface area (TPSA) is 154 Å². The first kappa shape index (κ1) is 30.7. The van der Waals surface area contributed by atoms with Crippen LogP contribution in [0.15, 0.2) is 18.3 Å². The molecule has 1 aromatic rings. The van der Waals surface area contributed by atoms with Crippen molar-refractivity contribution in [2.24, 2.45) is 29.1 Å². The maximum atomic E-state index is 15.3. The van der Waals surface area contributed by atoms with Gasteiger partial charge in [0.25, 0.3) is 5.91 Å². The third-order valence-corrected chi connectivity index (χ3v) is 11.2. The zero-order valence-corrected chi connectivity index (χ0v) is 26.4. The number of nitriles is 1. The third kappa shape index (κ3) is 4.95. The number of hydrogen-bond donors (Lipinski definition) is 2. The zero-order valence-electron chi connectivity index (χ0n) is 26.4. The highest BCUT2D eigenvalue weighted by Crippen LogP contribution is 2.59. The number of alkyl carbamates (subject to hydrolysis) is 1. The number of alkyl halides is 1. The molecule has 46 heavy (non-hydrogen) atoms. The maximum Gasteiger partial charge on any atom is 0.408 e. The average Bonchev–Trinajstić information content (AvgIpc) is 3.83. The maximum absolute atomic E-state index is 15.3. The molecule has 5 fully saturated rings. The molecule has 246 valence electrons. The summed E-state index contributed by atoms with van der Waals surface area (Å²) in [6, 6.07) is 2.42. The molecular formula is C33H41FN6O6. The van der Waals surface area contributed by atoms with Gasteiger partial charge in [0.05, 0.1) is 12.6 Å². The Kier molecular flexibility index (Phi) is 7.40. The van der Waals surface area contributed by atoms with Crippen molar-refractivity contribution < 1.29 is 33.0 Å². The van der Waals surface area contributed by atoms with Crippen LogP contribution in [0.1, 0.15) is 65.7 Å². The molecule has 3 aliphatic carbocycles. The molecule has 4 amide bonds. The van der Waals surface area contributed by atoms with Crippen molar-refractivity contribution in [1.29, 1.82) is 5.26 Å².